The maximum atomic E-state index is 5.84. The topological polar surface area (TPSA) is 47.3 Å². The van der Waals surface area contributed by atoms with E-state index in [9.17, 15) is 0 Å². The molecule has 4 nitrogen and oxygen atoms in total. The number of nitrogens with zero attached hydrogens (tertiary/aromatic N) is 1. The molecule has 0 atom stereocenters. The molecule has 0 unspecified atom stereocenters. The van der Waals surface area contributed by atoms with Crippen LogP contribution in [-0.4, -0.2) is 10.7 Å². The summed E-state index contributed by atoms with van der Waals surface area (Å²) in [5.41, 5.74) is 2.03. The molecule has 0 bridgehead atoms. The molecular weight excluding hydrogens is 252 g/mol. The number of hydrogen-bond acceptors (Lipinski definition) is 4. The van der Waals surface area contributed by atoms with E-state index in [0.29, 0.717) is 6.61 Å². The summed E-state index contributed by atoms with van der Waals surface area (Å²) in [5, 5.41) is 7.40. The number of nitrogens with one attached hydrogen (secondary N) is 1. The first-order chi connectivity index (χ1) is 9.44. The van der Waals surface area contributed by atoms with Gasteiger partial charge in [0.25, 0.3) is 0 Å². The molecule has 108 valence electrons. The van der Waals surface area contributed by atoms with E-state index >= 15 is 0 Å². The van der Waals surface area contributed by atoms with Crippen LogP contribution in [0.2, 0.25) is 0 Å². The van der Waals surface area contributed by atoms with E-state index in [1.165, 1.54) is 0 Å². The Hall–Kier alpha value is -1.81. The third kappa shape index (κ3) is 4.38. The average Bonchev–Trinajstić information content (AvgIpc) is 2.80. The van der Waals surface area contributed by atoms with E-state index in [0.717, 1.165) is 29.3 Å². The van der Waals surface area contributed by atoms with Crippen LogP contribution in [0.15, 0.2) is 34.9 Å². The summed E-state index contributed by atoms with van der Waals surface area (Å²) in [5.74, 6) is 1.68. The monoisotopic (exact) mass is 274 g/mol. The van der Waals surface area contributed by atoms with Gasteiger partial charge in [-0.25, -0.2) is 0 Å². The van der Waals surface area contributed by atoms with Crippen LogP contribution in [0.3, 0.4) is 0 Å². The Kier molecular flexibility index (Phi) is 4.45. The zero-order valence-electron chi connectivity index (χ0n) is 12.6. The molecule has 2 rings (SSSR count). The van der Waals surface area contributed by atoms with Crippen molar-refractivity contribution in [2.75, 3.05) is 0 Å². The summed E-state index contributed by atoms with van der Waals surface area (Å²) in [4.78, 5) is 0. The lowest BCUT2D eigenvalue weighted by molar-refractivity contribution is 0.283. The average molecular weight is 274 g/mol. The number of para-hydroxylation sites is 1. The van der Waals surface area contributed by atoms with Crippen molar-refractivity contribution < 1.29 is 9.26 Å². The molecule has 1 N–H and O–H groups in total. The molecule has 1 aromatic heterocycles. The molecule has 0 fully saturated rings. The van der Waals surface area contributed by atoms with Gasteiger partial charge in [-0.3, -0.25) is 0 Å². The van der Waals surface area contributed by atoms with E-state index in [4.69, 9.17) is 9.26 Å². The molecule has 1 heterocycles. The van der Waals surface area contributed by atoms with Gasteiger partial charge in [0.15, 0.2) is 0 Å². The van der Waals surface area contributed by atoms with Gasteiger partial charge in [0.2, 0.25) is 0 Å². The molecule has 1 aromatic carbocycles. The maximum Gasteiger partial charge on any atom is 0.134 e. The smallest absolute Gasteiger partial charge is 0.134 e. The van der Waals surface area contributed by atoms with Crippen LogP contribution in [0.25, 0.3) is 0 Å². The quantitative estimate of drug-likeness (QED) is 0.907. The predicted octanol–water partition coefficient (Wildman–Crippen LogP) is 3.45. The minimum Gasteiger partial charge on any atom is -0.487 e. The Bertz CT molecular complexity index is 556. The highest BCUT2D eigenvalue weighted by Gasteiger charge is 2.11. The summed E-state index contributed by atoms with van der Waals surface area (Å²) in [6.07, 6.45) is 0. The van der Waals surface area contributed by atoms with Crippen molar-refractivity contribution in [1.82, 2.24) is 10.5 Å². The van der Waals surface area contributed by atoms with Crippen molar-refractivity contribution in [3.8, 4) is 5.75 Å². The van der Waals surface area contributed by atoms with Crippen molar-refractivity contribution in [2.24, 2.45) is 0 Å². The maximum absolute atomic E-state index is 5.84. The van der Waals surface area contributed by atoms with Crippen LogP contribution in [0.4, 0.5) is 0 Å². The minimum atomic E-state index is 0.0797. The number of aromatic nitrogens is 1. The van der Waals surface area contributed by atoms with Gasteiger partial charge in [-0.15, -0.1) is 0 Å². The Morgan fingerprint density at radius 1 is 1.25 bits per heavy atom. The molecule has 4 heteroatoms. The van der Waals surface area contributed by atoms with Crippen LogP contribution in [0.5, 0.6) is 5.75 Å². The fourth-order valence-electron chi connectivity index (χ4n) is 1.79. The first-order valence-electron chi connectivity index (χ1n) is 6.82. The molecule has 20 heavy (non-hydrogen) atoms. The van der Waals surface area contributed by atoms with Crippen LogP contribution in [0.1, 0.15) is 37.8 Å². The summed E-state index contributed by atoms with van der Waals surface area (Å²) in [6.45, 7) is 9.51. The van der Waals surface area contributed by atoms with Gasteiger partial charge in [-0.1, -0.05) is 23.4 Å². The third-order valence-corrected chi connectivity index (χ3v) is 2.83. The Morgan fingerprint density at radius 3 is 2.65 bits per heavy atom. The van der Waals surface area contributed by atoms with E-state index in [-0.39, 0.29) is 5.54 Å². The molecule has 0 aliphatic heterocycles. The van der Waals surface area contributed by atoms with Crippen molar-refractivity contribution in [3.63, 3.8) is 0 Å². The summed E-state index contributed by atoms with van der Waals surface area (Å²) in [7, 11) is 0. The Balaban J connectivity index is 2.00. The highest BCUT2D eigenvalue weighted by molar-refractivity contribution is 5.33. The number of ether oxygens (including phenoxy) is 1. The lowest BCUT2D eigenvalue weighted by atomic mass is 10.1. The molecule has 0 aliphatic carbocycles. The molecule has 0 spiro atoms. The predicted molar refractivity (Wildman–Crippen MR) is 78.6 cm³/mol. The summed E-state index contributed by atoms with van der Waals surface area (Å²) >= 11 is 0. The normalized spacial score (nSPS) is 11.6. The molecule has 0 saturated heterocycles. The second-order valence-corrected chi connectivity index (χ2v) is 5.93. The van der Waals surface area contributed by atoms with Gasteiger partial charge < -0.3 is 14.6 Å². The zero-order valence-corrected chi connectivity index (χ0v) is 12.6. The van der Waals surface area contributed by atoms with Gasteiger partial charge in [0.1, 0.15) is 23.8 Å². The van der Waals surface area contributed by atoms with Crippen LogP contribution >= 0.6 is 0 Å². The molecule has 0 amide bonds. The minimum absolute atomic E-state index is 0.0797. The molecular formula is C16H22N2O2. The lowest BCUT2D eigenvalue weighted by Gasteiger charge is -2.21. The van der Waals surface area contributed by atoms with E-state index in [1.807, 2.05) is 31.2 Å². The van der Waals surface area contributed by atoms with Crippen LogP contribution < -0.4 is 10.1 Å². The first-order valence-corrected chi connectivity index (χ1v) is 6.82. The fraction of sp³-hybridized carbons (Fsp3) is 0.438. The molecule has 2 aromatic rings. The third-order valence-electron chi connectivity index (χ3n) is 2.83. The molecule has 0 aliphatic rings. The van der Waals surface area contributed by atoms with Gasteiger partial charge >= 0.3 is 0 Å². The lowest BCUT2D eigenvalue weighted by Crippen LogP contribution is -2.35. The van der Waals surface area contributed by atoms with E-state index in [2.05, 4.69) is 37.3 Å². The van der Waals surface area contributed by atoms with Gasteiger partial charge in [0, 0.05) is 23.7 Å². The Morgan fingerprint density at radius 2 is 2.00 bits per heavy atom. The summed E-state index contributed by atoms with van der Waals surface area (Å²) in [6, 6.07) is 9.93. The molecule has 0 saturated carbocycles. The highest BCUT2D eigenvalue weighted by atomic mass is 16.5. The first kappa shape index (κ1) is 14.6. The van der Waals surface area contributed by atoms with Crippen molar-refractivity contribution in [1.29, 1.82) is 0 Å². The SMILES string of the molecule is Cc1cc(COc2ccccc2CNC(C)(C)C)no1. The second-order valence-electron chi connectivity index (χ2n) is 5.93. The Labute approximate surface area is 120 Å². The van der Waals surface area contributed by atoms with Gasteiger partial charge in [-0.2, -0.15) is 0 Å². The number of aryl methyl sites for hydroxylation is 1. The van der Waals surface area contributed by atoms with Crippen LogP contribution in [-0.2, 0) is 13.2 Å². The number of hydrogen-bond donors (Lipinski definition) is 1. The molecule has 0 radical (unpaired) electrons. The fourth-order valence-corrected chi connectivity index (χ4v) is 1.79. The van der Waals surface area contributed by atoms with E-state index in [1.54, 1.807) is 0 Å². The van der Waals surface area contributed by atoms with Crippen molar-refractivity contribution in [3.05, 3.63) is 47.3 Å². The highest BCUT2D eigenvalue weighted by Crippen LogP contribution is 2.20. The summed E-state index contributed by atoms with van der Waals surface area (Å²) < 4.78 is 10.9. The number of benzene rings is 1. The zero-order chi connectivity index (χ0) is 14.6. The second kappa shape index (κ2) is 6.09. The van der Waals surface area contributed by atoms with Crippen molar-refractivity contribution in [2.45, 2.75) is 46.4 Å². The van der Waals surface area contributed by atoms with Crippen LogP contribution in [0, 0.1) is 6.92 Å². The van der Waals surface area contributed by atoms with Crippen molar-refractivity contribution >= 4 is 0 Å². The standard InChI is InChI=1S/C16H22N2O2/c1-12-9-14(18-20-12)11-19-15-8-6-5-7-13(15)10-17-16(2,3)4/h5-9,17H,10-11H2,1-4H3. The van der Waals surface area contributed by atoms with Gasteiger partial charge in [0.05, 0.1) is 0 Å². The van der Waals surface area contributed by atoms with E-state index < -0.39 is 0 Å². The van der Waals surface area contributed by atoms with Gasteiger partial charge in [-0.05, 0) is 33.8 Å². The number of rotatable bonds is 5. The largest absolute Gasteiger partial charge is 0.487 e.